The Kier molecular flexibility index (Phi) is 2.73. The summed E-state index contributed by atoms with van der Waals surface area (Å²) in [5.74, 6) is -0.0859. The average Bonchev–Trinajstić information content (AvgIpc) is 2.75. The van der Waals surface area contributed by atoms with E-state index in [2.05, 4.69) is 10.6 Å². The second kappa shape index (κ2) is 4.02. The fourth-order valence-electron chi connectivity index (χ4n) is 1.51. The van der Waals surface area contributed by atoms with Crippen molar-refractivity contribution in [3.05, 3.63) is 21.9 Å². The van der Waals surface area contributed by atoms with Gasteiger partial charge in [0, 0.05) is 13.0 Å². The number of rotatable bonds is 2. The van der Waals surface area contributed by atoms with Crippen LogP contribution >= 0.6 is 11.3 Å². The van der Waals surface area contributed by atoms with Gasteiger partial charge in [-0.3, -0.25) is 9.59 Å². The maximum absolute atomic E-state index is 11.7. The third-order valence-corrected chi connectivity index (χ3v) is 3.31. The first-order valence-corrected chi connectivity index (χ1v) is 5.66. The Morgan fingerprint density at radius 1 is 1.67 bits per heavy atom. The van der Waals surface area contributed by atoms with Crippen LogP contribution in [0.2, 0.25) is 0 Å². The molecule has 4 nitrogen and oxygen atoms in total. The van der Waals surface area contributed by atoms with Crippen molar-refractivity contribution in [3.63, 3.8) is 0 Å². The van der Waals surface area contributed by atoms with Crippen LogP contribution in [0.4, 0.5) is 0 Å². The maximum atomic E-state index is 11.7. The molecular formula is C10H12N2O2S. The molecular weight excluding hydrogens is 212 g/mol. The molecule has 5 heteroatoms. The molecule has 1 saturated heterocycles. The monoisotopic (exact) mass is 224 g/mol. The molecule has 2 amide bonds. The van der Waals surface area contributed by atoms with Crippen LogP contribution in [0.3, 0.4) is 0 Å². The maximum Gasteiger partial charge on any atom is 0.261 e. The van der Waals surface area contributed by atoms with Crippen molar-refractivity contribution in [2.45, 2.75) is 19.4 Å². The van der Waals surface area contributed by atoms with Crippen LogP contribution in [0.25, 0.3) is 0 Å². The highest BCUT2D eigenvalue weighted by molar-refractivity contribution is 7.12. The molecule has 2 heterocycles. The van der Waals surface area contributed by atoms with E-state index in [1.165, 1.54) is 11.3 Å². The second-order valence-corrected chi connectivity index (χ2v) is 4.58. The molecule has 15 heavy (non-hydrogen) atoms. The van der Waals surface area contributed by atoms with E-state index in [1.54, 1.807) is 0 Å². The molecule has 0 bridgehead atoms. The lowest BCUT2D eigenvalue weighted by molar-refractivity contribution is -0.119. The standard InChI is InChI=1S/C10H12N2O2S/c1-6-2-8(15-5-6)10(14)12-7-3-9(13)11-4-7/h2,5,7H,3-4H2,1H3,(H,11,13)(H,12,14)/t7-/m0/s1. The Hall–Kier alpha value is -1.36. The summed E-state index contributed by atoms with van der Waals surface area (Å²) >= 11 is 1.42. The summed E-state index contributed by atoms with van der Waals surface area (Å²) in [5.41, 5.74) is 1.09. The van der Waals surface area contributed by atoms with Crippen LogP contribution in [0.15, 0.2) is 11.4 Å². The van der Waals surface area contributed by atoms with Crippen molar-refractivity contribution >= 4 is 23.2 Å². The molecule has 80 valence electrons. The Morgan fingerprint density at radius 2 is 2.47 bits per heavy atom. The van der Waals surface area contributed by atoms with Gasteiger partial charge >= 0.3 is 0 Å². The van der Waals surface area contributed by atoms with Crippen LogP contribution in [0.5, 0.6) is 0 Å². The van der Waals surface area contributed by atoms with Gasteiger partial charge in [0.1, 0.15) is 0 Å². The molecule has 0 aliphatic carbocycles. The molecule has 1 aromatic rings. The van der Waals surface area contributed by atoms with Gasteiger partial charge in [0.05, 0.1) is 10.9 Å². The predicted octanol–water partition coefficient (Wildman–Crippen LogP) is 0.675. The minimum absolute atomic E-state index is 0.00246. The fourth-order valence-corrected chi connectivity index (χ4v) is 2.31. The predicted molar refractivity (Wildman–Crippen MR) is 57.9 cm³/mol. The largest absolute Gasteiger partial charge is 0.354 e. The summed E-state index contributed by atoms with van der Waals surface area (Å²) in [4.78, 5) is 23.3. The minimum Gasteiger partial charge on any atom is -0.354 e. The van der Waals surface area contributed by atoms with Gasteiger partial charge in [-0.05, 0) is 23.9 Å². The highest BCUT2D eigenvalue weighted by atomic mass is 32.1. The number of hydrogen-bond acceptors (Lipinski definition) is 3. The zero-order valence-corrected chi connectivity index (χ0v) is 9.19. The van der Waals surface area contributed by atoms with E-state index in [9.17, 15) is 9.59 Å². The van der Waals surface area contributed by atoms with Gasteiger partial charge < -0.3 is 10.6 Å². The Balaban J connectivity index is 1.95. The molecule has 1 atom stereocenters. The lowest BCUT2D eigenvalue weighted by Gasteiger charge is -2.08. The molecule has 2 N–H and O–H groups in total. The average molecular weight is 224 g/mol. The molecule has 2 rings (SSSR count). The van der Waals surface area contributed by atoms with Crippen LogP contribution in [0.1, 0.15) is 21.7 Å². The highest BCUT2D eigenvalue weighted by Crippen LogP contribution is 2.14. The second-order valence-electron chi connectivity index (χ2n) is 3.67. The number of nitrogens with one attached hydrogen (secondary N) is 2. The van der Waals surface area contributed by atoms with Gasteiger partial charge in [-0.1, -0.05) is 0 Å². The summed E-state index contributed by atoms with van der Waals surface area (Å²) < 4.78 is 0. The molecule has 0 spiro atoms. The Labute approximate surface area is 91.7 Å². The Bertz CT molecular complexity index is 400. The summed E-state index contributed by atoms with van der Waals surface area (Å²) in [6, 6.07) is 1.79. The Morgan fingerprint density at radius 3 is 3.00 bits per heavy atom. The van der Waals surface area contributed by atoms with Crippen LogP contribution in [-0.4, -0.2) is 24.4 Å². The van der Waals surface area contributed by atoms with Crippen molar-refractivity contribution in [2.75, 3.05) is 6.54 Å². The minimum atomic E-state index is -0.0883. The molecule has 0 saturated carbocycles. The molecule has 0 unspecified atom stereocenters. The fraction of sp³-hybridized carbons (Fsp3) is 0.400. The third-order valence-electron chi connectivity index (χ3n) is 2.27. The number of carbonyl (C=O) groups excluding carboxylic acids is 2. The normalized spacial score (nSPS) is 20.1. The lowest BCUT2D eigenvalue weighted by Crippen LogP contribution is -2.35. The summed E-state index contributed by atoms with van der Waals surface area (Å²) in [5, 5.41) is 7.45. The molecule has 1 aliphatic heterocycles. The van der Waals surface area contributed by atoms with Gasteiger partial charge in [-0.15, -0.1) is 11.3 Å². The summed E-state index contributed by atoms with van der Waals surface area (Å²) in [6.07, 6.45) is 0.385. The number of aryl methyl sites for hydroxylation is 1. The molecule has 1 aliphatic rings. The SMILES string of the molecule is Cc1csc(C(=O)N[C@@H]2CNC(=O)C2)c1. The number of carbonyl (C=O) groups is 2. The van der Waals surface area contributed by atoms with Crippen LogP contribution in [-0.2, 0) is 4.79 Å². The van der Waals surface area contributed by atoms with Gasteiger partial charge in [-0.25, -0.2) is 0 Å². The van der Waals surface area contributed by atoms with E-state index in [-0.39, 0.29) is 17.9 Å². The first-order valence-electron chi connectivity index (χ1n) is 4.78. The van der Waals surface area contributed by atoms with E-state index >= 15 is 0 Å². The van der Waals surface area contributed by atoms with E-state index in [4.69, 9.17) is 0 Å². The zero-order chi connectivity index (χ0) is 10.8. The van der Waals surface area contributed by atoms with Crippen LogP contribution < -0.4 is 10.6 Å². The number of amides is 2. The quantitative estimate of drug-likeness (QED) is 0.776. The third kappa shape index (κ3) is 2.36. The lowest BCUT2D eigenvalue weighted by atomic mass is 10.2. The van der Waals surface area contributed by atoms with E-state index in [0.717, 1.165) is 5.56 Å². The topological polar surface area (TPSA) is 58.2 Å². The molecule has 1 fully saturated rings. The highest BCUT2D eigenvalue weighted by Gasteiger charge is 2.23. The van der Waals surface area contributed by atoms with Gasteiger partial charge in [0.2, 0.25) is 5.91 Å². The first kappa shape index (κ1) is 10.2. The summed E-state index contributed by atoms with van der Waals surface area (Å²) in [6.45, 7) is 2.49. The smallest absolute Gasteiger partial charge is 0.261 e. The first-order chi connectivity index (χ1) is 7.15. The van der Waals surface area contributed by atoms with Gasteiger partial charge in [0.15, 0.2) is 0 Å². The summed E-state index contributed by atoms with van der Waals surface area (Å²) in [7, 11) is 0. The molecule has 0 radical (unpaired) electrons. The number of hydrogen-bond donors (Lipinski definition) is 2. The van der Waals surface area contributed by atoms with Crippen molar-refractivity contribution < 1.29 is 9.59 Å². The van der Waals surface area contributed by atoms with Gasteiger partial charge in [0.25, 0.3) is 5.91 Å². The zero-order valence-electron chi connectivity index (χ0n) is 8.37. The van der Waals surface area contributed by atoms with Crippen LogP contribution in [0, 0.1) is 6.92 Å². The van der Waals surface area contributed by atoms with E-state index in [1.807, 2.05) is 18.4 Å². The van der Waals surface area contributed by atoms with Crippen molar-refractivity contribution in [1.82, 2.24) is 10.6 Å². The van der Waals surface area contributed by atoms with Gasteiger partial charge in [-0.2, -0.15) is 0 Å². The van der Waals surface area contributed by atoms with E-state index in [0.29, 0.717) is 17.8 Å². The number of thiophene rings is 1. The van der Waals surface area contributed by atoms with Crippen molar-refractivity contribution in [2.24, 2.45) is 0 Å². The molecule has 0 aromatic carbocycles. The van der Waals surface area contributed by atoms with Crippen molar-refractivity contribution in [3.8, 4) is 0 Å². The van der Waals surface area contributed by atoms with E-state index < -0.39 is 0 Å². The molecule has 1 aromatic heterocycles. The van der Waals surface area contributed by atoms with Crippen molar-refractivity contribution in [1.29, 1.82) is 0 Å².